The molecule has 38 heavy (non-hydrogen) atoms. The van der Waals surface area contributed by atoms with E-state index in [4.69, 9.17) is 15.2 Å². The second kappa shape index (κ2) is 12.3. The zero-order valence-electron chi connectivity index (χ0n) is 22.6. The molecule has 2 bridgehead atoms. The first-order chi connectivity index (χ1) is 18.6. The molecule has 2 fully saturated rings. The van der Waals surface area contributed by atoms with Gasteiger partial charge in [0.05, 0.1) is 12.3 Å². The third-order valence-corrected chi connectivity index (χ3v) is 9.78. The molecule has 1 saturated heterocycles. The molecule has 3 atom stereocenters. The fourth-order valence-corrected chi connectivity index (χ4v) is 7.87. The van der Waals surface area contributed by atoms with Crippen LogP contribution in [0.25, 0.3) is 0 Å². The topological polar surface area (TPSA) is 76.8 Å². The Balaban J connectivity index is 1.51. The van der Waals surface area contributed by atoms with Gasteiger partial charge in [-0.3, -0.25) is 0 Å². The number of amides is 1. The predicted octanol–water partition coefficient (Wildman–Crippen LogP) is 6.78. The molecule has 1 aliphatic heterocycles. The summed E-state index contributed by atoms with van der Waals surface area (Å²) in [6.07, 6.45) is 9.65. The van der Waals surface area contributed by atoms with E-state index in [1.807, 2.05) is 30.3 Å². The van der Waals surface area contributed by atoms with E-state index < -0.39 is 0 Å². The largest absolute Gasteiger partial charge is 0.491 e. The minimum absolute atomic E-state index is 0.0722. The van der Waals surface area contributed by atoms with Gasteiger partial charge in [0.15, 0.2) is 0 Å². The molecule has 2 aromatic rings. The van der Waals surface area contributed by atoms with Gasteiger partial charge >= 0.3 is 6.09 Å². The van der Waals surface area contributed by atoms with Crippen molar-refractivity contribution in [1.29, 1.82) is 0 Å². The number of rotatable bonds is 9. The van der Waals surface area contributed by atoms with Gasteiger partial charge in [-0.1, -0.05) is 56.5 Å². The number of likely N-dealkylation sites (tertiary alicyclic amines) is 1. The summed E-state index contributed by atoms with van der Waals surface area (Å²) in [6, 6.07) is 12.4. The van der Waals surface area contributed by atoms with E-state index in [2.05, 4.69) is 39.1 Å². The highest BCUT2D eigenvalue weighted by Gasteiger charge is 2.54. The SMILES string of the molecule is CCCCOc1cc2c(c(Br)c1NCCN)C[C@H]1C3CCCC[C@@]23CCCN1C(=O)OCc1ccccc1. The van der Waals surface area contributed by atoms with Crippen LogP contribution in [0.15, 0.2) is 40.9 Å². The van der Waals surface area contributed by atoms with Crippen molar-refractivity contribution in [1.82, 2.24) is 4.90 Å². The Labute approximate surface area is 235 Å². The van der Waals surface area contributed by atoms with Gasteiger partial charge in [-0.25, -0.2) is 4.79 Å². The van der Waals surface area contributed by atoms with Crippen LogP contribution < -0.4 is 15.8 Å². The standard InChI is InChI=1S/C31H42BrN3O3/c1-2-3-18-37-27-20-25-23(28(32)29(27)34-16-15-33)19-26-24-12-7-8-13-31(24,25)14-9-17-35(26)30(36)38-21-22-10-5-4-6-11-22/h4-6,10-11,20,24,26,34H,2-3,7-9,12-19,21,33H2,1H3/t24?,26-,31-/m0/s1. The number of carbonyl (C=O) groups is 1. The van der Waals surface area contributed by atoms with Crippen molar-refractivity contribution >= 4 is 27.7 Å². The normalized spacial score (nSPS) is 24.1. The van der Waals surface area contributed by atoms with Crippen molar-refractivity contribution in [3.63, 3.8) is 0 Å². The molecule has 1 amide bonds. The van der Waals surface area contributed by atoms with Crippen LogP contribution in [-0.4, -0.2) is 43.3 Å². The number of fused-ring (bicyclic) bond motifs is 1. The van der Waals surface area contributed by atoms with Crippen molar-refractivity contribution in [2.75, 3.05) is 31.6 Å². The first kappa shape index (κ1) is 27.3. The fraction of sp³-hybridized carbons (Fsp3) is 0.581. The van der Waals surface area contributed by atoms with E-state index in [0.29, 0.717) is 32.2 Å². The number of hydrogen-bond donors (Lipinski definition) is 2. The van der Waals surface area contributed by atoms with Crippen molar-refractivity contribution < 1.29 is 14.3 Å². The highest BCUT2D eigenvalue weighted by Crippen LogP contribution is 2.58. The summed E-state index contributed by atoms with van der Waals surface area (Å²) >= 11 is 4.00. The third-order valence-electron chi connectivity index (χ3n) is 8.91. The summed E-state index contributed by atoms with van der Waals surface area (Å²) in [7, 11) is 0. The van der Waals surface area contributed by atoms with Crippen LogP contribution >= 0.6 is 15.9 Å². The zero-order valence-corrected chi connectivity index (χ0v) is 24.2. The molecule has 0 spiro atoms. The Morgan fingerprint density at radius 3 is 2.82 bits per heavy atom. The van der Waals surface area contributed by atoms with Gasteiger partial charge in [-0.2, -0.15) is 0 Å². The van der Waals surface area contributed by atoms with E-state index in [9.17, 15) is 4.79 Å². The maximum Gasteiger partial charge on any atom is 0.410 e. The van der Waals surface area contributed by atoms with E-state index >= 15 is 0 Å². The average Bonchev–Trinajstić information content (AvgIpc) is 3.07. The molecule has 2 aromatic carbocycles. The van der Waals surface area contributed by atoms with Gasteiger partial charge in [0.2, 0.25) is 0 Å². The number of benzene rings is 2. The van der Waals surface area contributed by atoms with E-state index in [1.165, 1.54) is 30.4 Å². The Morgan fingerprint density at radius 2 is 2.03 bits per heavy atom. The van der Waals surface area contributed by atoms with Crippen LogP contribution in [-0.2, 0) is 23.2 Å². The van der Waals surface area contributed by atoms with Gasteiger partial charge < -0.3 is 25.4 Å². The van der Waals surface area contributed by atoms with Gasteiger partial charge in [0.1, 0.15) is 12.4 Å². The number of hydrogen-bond acceptors (Lipinski definition) is 5. The Morgan fingerprint density at radius 1 is 1.21 bits per heavy atom. The van der Waals surface area contributed by atoms with E-state index in [0.717, 1.165) is 66.5 Å². The molecule has 6 nitrogen and oxygen atoms in total. The summed E-state index contributed by atoms with van der Waals surface area (Å²) in [5.41, 5.74) is 10.7. The maximum atomic E-state index is 13.5. The maximum absolute atomic E-state index is 13.5. The smallest absolute Gasteiger partial charge is 0.410 e. The molecule has 5 rings (SSSR count). The molecular weight excluding hydrogens is 542 g/mol. The fourth-order valence-electron chi connectivity index (χ4n) is 7.16. The molecule has 1 saturated carbocycles. The summed E-state index contributed by atoms with van der Waals surface area (Å²) in [6.45, 7) is 5.18. The van der Waals surface area contributed by atoms with Crippen molar-refractivity contribution in [3.05, 3.63) is 57.6 Å². The summed E-state index contributed by atoms with van der Waals surface area (Å²) in [5, 5.41) is 3.53. The second-order valence-corrected chi connectivity index (χ2v) is 11.9. The lowest BCUT2D eigenvalue weighted by atomic mass is 9.54. The molecular formula is C31H42BrN3O3. The summed E-state index contributed by atoms with van der Waals surface area (Å²) < 4.78 is 13.3. The number of nitrogens with zero attached hydrogens (tertiary/aromatic N) is 1. The zero-order chi connectivity index (χ0) is 26.5. The first-order valence-electron chi connectivity index (χ1n) is 14.5. The van der Waals surface area contributed by atoms with Crippen LogP contribution in [0.5, 0.6) is 5.75 Å². The van der Waals surface area contributed by atoms with E-state index in [1.54, 1.807) is 0 Å². The van der Waals surface area contributed by atoms with Gasteiger partial charge in [0.25, 0.3) is 0 Å². The quantitative estimate of drug-likeness (QED) is 0.318. The lowest BCUT2D eigenvalue weighted by Crippen LogP contribution is -2.54. The Bertz CT molecular complexity index is 1110. The number of nitrogens with two attached hydrogens (primary N) is 1. The summed E-state index contributed by atoms with van der Waals surface area (Å²) in [4.78, 5) is 15.6. The molecule has 1 unspecified atom stereocenters. The van der Waals surface area contributed by atoms with Crippen molar-refractivity contribution in [2.45, 2.75) is 82.8 Å². The highest BCUT2D eigenvalue weighted by atomic mass is 79.9. The monoisotopic (exact) mass is 583 g/mol. The molecule has 1 heterocycles. The first-order valence-corrected chi connectivity index (χ1v) is 15.3. The highest BCUT2D eigenvalue weighted by molar-refractivity contribution is 9.10. The van der Waals surface area contributed by atoms with Crippen LogP contribution in [0, 0.1) is 5.92 Å². The number of ether oxygens (including phenoxy) is 2. The van der Waals surface area contributed by atoms with Crippen LogP contribution in [0.4, 0.5) is 10.5 Å². The van der Waals surface area contributed by atoms with Crippen LogP contribution in [0.1, 0.15) is 75.0 Å². The lowest BCUT2D eigenvalue weighted by molar-refractivity contribution is 0.0440. The van der Waals surface area contributed by atoms with Gasteiger partial charge in [0, 0.05) is 35.6 Å². The third kappa shape index (κ3) is 5.29. The van der Waals surface area contributed by atoms with Gasteiger partial charge in [-0.05, 0) is 83.1 Å². The van der Waals surface area contributed by atoms with Crippen molar-refractivity contribution in [3.8, 4) is 5.75 Å². The Hall–Kier alpha value is -2.25. The molecule has 7 heteroatoms. The minimum atomic E-state index is -0.180. The van der Waals surface area contributed by atoms with Crippen LogP contribution in [0.3, 0.4) is 0 Å². The van der Waals surface area contributed by atoms with Crippen molar-refractivity contribution in [2.24, 2.45) is 11.7 Å². The summed E-state index contributed by atoms with van der Waals surface area (Å²) in [5.74, 6) is 1.37. The molecule has 0 aromatic heterocycles. The molecule has 2 aliphatic carbocycles. The second-order valence-electron chi connectivity index (χ2n) is 11.1. The Kier molecular flexibility index (Phi) is 8.84. The van der Waals surface area contributed by atoms with Crippen LogP contribution in [0.2, 0.25) is 0 Å². The molecule has 3 aliphatic rings. The van der Waals surface area contributed by atoms with E-state index in [-0.39, 0.29) is 17.6 Å². The minimum Gasteiger partial charge on any atom is -0.491 e. The number of halogens is 1. The number of anilines is 1. The average molecular weight is 585 g/mol. The molecule has 0 radical (unpaired) electrons. The van der Waals surface area contributed by atoms with Gasteiger partial charge in [-0.15, -0.1) is 0 Å². The molecule has 206 valence electrons. The lowest BCUT2D eigenvalue weighted by Gasteiger charge is -2.53. The number of unbranched alkanes of at least 4 members (excludes halogenated alkanes) is 1. The predicted molar refractivity (Wildman–Crippen MR) is 156 cm³/mol. The number of carbonyl (C=O) groups excluding carboxylic acids is 1. The molecule has 3 N–H and O–H groups in total. The number of nitrogens with one attached hydrogen (secondary N) is 1.